The smallest absolute Gasteiger partial charge is 0.223 e. The van der Waals surface area contributed by atoms with Gasteiger partial charge in [-0.25, -0.2) is 9.07 Å². The molecule has 2 aliphatic rings. The van der Waals surface area contributed by atoms with E-state index in [1.807, 2.05) is 16.9 Å². The molecule has 1 aliphatic heterocycles. The number of rotatable bonds is 5. The van der Waals surface area contributed by atoms with Gasteiger partial charge in [0.2, 0.25) is 5.91 Å². The number of hydrogen-bond acceptors (Lipinski definition) is 3. The van der Waals surface area contributed by atoms with Crippen molar-refractivity contribution < 1.29 is 9.18 Å². The highest BCUT2D eigenvalue weighted by molar-refractivity contribution is 5.84. The molecule has 6 heteroatoms. The first-order chi connectivity index (χ1) is 16.2. The number of benzene rings is 3. The first-order valence-corrected chi connectivity index (χ1v) is 11.5. The Labute approximate surface area is 191 Å². The molecule has 4 aromatic rings. The second-order valence-corrected chi connectivity index (χ2v) is 9.00. The molecule has 0 radical (unpaired) electrons. The van der Waals surface area contributed by atoms with Crippen molar-refractivity contribution in [2.75, 3.05) is 11.4 Å². The molecule has 1 amide bonds. The van der Waals surface area contributed by atoms with Crippen molar-refractivity contribution in [3.8, 4) is 5.69 Å². The van der Waals surface area contributed by atoms with Crippen LogP contribution in [0.5, 0.6) is 0 Å². The Bertz CT molecular complexity index is 1300. The van der Waals surface area contributed by atoms with Gasteiger partial charge >= 0.3 is 0 Å². The van der Waals surface area contributed by atoms with Crippen molar-refractivity contribution in [3.63, 3.8) is 0 Å². The van der Waals surface area contributed by atoms with Crippen LogP contribution in [0, 0.1) is 11.7 Å². The summed E-state index contributed by atoms with van der Waals surface area (Å²) in [5, 5.41) is 8.89. The van der Waals surface area contributed by atoms with E-state index in [0.29, 0.717) is 0 Å². The van der Waals surface area contributed by atoms with Gasteiger partial charge in [-0.2, -0.15) is 5.10 Å². The van der Waals surface area contributed by atoms with Crippen LogP contribution in [-0.4, -0.2) is 28.3 Å². The monoisotopic (exact) mass is 440 g/mol. The van der Waals surface area contributed by atoms with E-state index < -0.39 is 0 Å². The SMILES string of the molecule is O=C(N[C@H]1CCN(c2ccc3c(cnn3-c3ccc(F)cc3)c2)[C@@H]1c1ccccc1)C1CC1. The van der Waals surface area contributed by atoms with E-state index in [-0.39, 0.29) is 29.7 Å². The van der Waals surface area contributed by atoms with Crippen LogP contribution in [-0.2, 0) is 4.79 Å². The fraction of sp³-hybridized carbons (Fsp3) is 0.259. The maximum absolute atomic E-state index is 13.3. The number of nitrogens with one attached hydrogen (secondary N) is 1. The minimum atomic E-state index is -0.262. The highest BCUT2D eigenvalue weighted by Crippen LogP contribution is 2.39. The molecule has 0 spiro atoms. The van der Waals surface area contributed by atoms with Crippen LogP contribution in [0.1, 0.15) is 30.9 Å². The lowest BCUT2D eigenvalue weighted by Gasteiger charge is -2.31. The first-order valence-electron chi connectivity index (χ1n) is 11.5. The molecule has 1 saturated heterocycles. The average Bonchev–Trinajstić information content (AvgIpc) is 3.49. The molecule has 5 nitrogen and oxygen atoms in total. The Morgan fingerprint density at radius 2 is 1.70 bits per heavy atom. The molecule has 166 valence electrons. The van der Waals surface area contributed by atoms with E-state index in [9.17, 15) is 9.18 Å². The van der Waals surface area contributed by atoms with Crippen molar-refractivity contribution in [2.24, 2.45) is 5.92 Å². The zero-order valence-corrected chi connectivity index (χ0v) is 18.2. The Balaban J connectivity index is 1.34. The lowest BCUT2D eigenvalue weighted by atomic mass is 9.99. The standard InChI is InChI=1S/C27H25FN4O/c28-21-8-10-22(11-9-21)32-25-13-12-23(16-20(25)17-29-32)31-15-14-24(30-27(33)19-6-7-19)26(31)18-4-2-1-3-5-18/h1-5,8-13,16-17,19,24,26H,6-7,14-15H2,(H,30,33)/t24-,26+/m0/s1. The summed E-state index contributed by atoms with van der Waals surface area (Å²) in [7, 11) is 0. The van der Waals surface area contributed by atoms with E-state index in [1.54, 1.807) is 12.1 Å². The quantitative estimate of drug-likeness (QED) is 0.475. The molecule has 1 saturated carbocycles. The minimum absolute atomic E-state index is 0.0816. The fourth-order valence-corrected chi connectivity index (χ4v) is 4.93. The van der Waals surface area contributed by atoms with Crippen molar-refractivity contribution in [1.82, 2.24) is 15.1 Å². The molecule has 2 atom stereocenters. The number of hydrogen-bond donors (Lipinski definition) is 1. The molecule has 2 heterocycles. The normalized spacial score (nSPS) is 20.3. The minimum Gasteiger partial charge on any atom is -0.362 e. The molecule has 0 bridgehead atoms. The third-order valence-electron chi connectivity index (χ3n) is 6.77. The third kappa shape index (κ3) is 3.75. The van der Waals surface area contributed by atoms with Gasteiger partial charge in [0.1, 0.15) is 5.82 Å². The molecule has 0 unspecified atom stereocenters. The van der Waals surface area contributed by atoms with Crippen molar-refractivity contribution in [1.29, 1.82) is 0 Å². The van der Waals surface area contributed by atoms with Crippen LogP contribution in [0.25, 0.3) is 16.6 Å². The van der Waals surface area contributed by atoms with Crippen LogP contribution < -0.4 is 10.2 Å². The molecular weight excluding hydrogens is 415 g/mol. The summed E-state index contributed by atoms with van der Waals surface area (Å²) in [5.41, 5.74) is 4.11. The number of aromatic nitrogens is 2. The predicted molar refractivity (Wildman–Crippen MR) is 127 cm³/mol. The van der Waals surface area contributed by atoms with E-state index in [2.05, 4.69) is 57.8 Å². The number of carbonyl (C=O) groups excluding carboxylic acids is 1. The topological polar surface area (TPSA) is 50.2 Å². The number of halogens is 1. The number of anilines is 1. The van der Waals surface area contributed by atoms with Gasteiger partial charge in [0, 0.05) is 23.5 Å². The summed E-state index contributed by atoms with van der Waals surface area (Å²) in [6.07, 6.45) is 4.77. The Hall–Kier alpha value is -3.67. The lowest BCUT2D eigenvalue weighted by molar-refractivity contribution is -0.123. The molecule has 1 aromatic heterocycles. The molecule has 33 heavy (non-hydrogen) atoms. The molecule has 1 N–H and O–H groups in total. The highest BCUT2D eigenvalue weighted by Gasteiger charge is 2.39. The summed E-state index contributed by atoms with van der Waals surface area (Å²) in [6, 6.07) is 23.3. The first kappa shape index (κ1) is 20.0. The largest absolute Gasteiger partial charge is 0.362 e. The van der Waals surface area contributed by atoms with E-state index in [0.717, 1.165) is 48.1 Å². The zero-order chi connectivity index (χ0) is 22.4. The molecule has 2 fully saturated rings. The van der Waals surface area contributed by atoms with Gasteiger partial charge in [0.25, 0.3) is 0 Å². The summed E-state index contributed by atoms with van der Waals surface area (Å²) in [6.45, 7) is 0.868. The number of nitrogens with zero attached hydrogens (tertiary/aromatic N) is 3. The van der Waals surface area contributed by atoms with Gasteiger partial charge in [-0.05, 0) is 67.3 Å². The predicted octanol–water partition coefficient (Wildman–Crippen LogP) is 5.01. The van der Waals surface area contributed by atoms with Gasteiger partial charge in [-0.3, -0.25) is 4.79 Å². The molecule has 6 rings (SSSR count). The van der Waals surface area contributed by atoms with Gasteiger partial charge < -0.3 is 10.2 Å². The zero-order valence-electron chi connectivity index (χ0n) is 18.2. The molecule has 3 aromatic carbocycles. The summed E-state index contributed by atoms with van der Waals surface area (Å²) in [5.74, 6) is 0.129. The Kier molecular flexibility index (Phi) is 4.86. The van der Waals surface area contributed by atoms with Gasteiger partial charge in [-0.15, -0.1) is 0 Å². The Morgan fingerprint density at radius 3 is 2.45 bits per heavy atom. The second kappa shape index (κ2) is 8.03. The second-order valence-electron chi connectivity index (χ2n) is 9.00. The van der Waals surface area contributed by atoms with Crippen LogP contribution in [0.2, 0.25) is 0 Å². The third-order valence-corrected chi connectivity index (χ3v) is 6.77. The van der Waals surface area contributed by atoms with Crippen LogP contribution in [0.4, 0.5) is 10.1 Å². The van der Waals surface area contributed by atoms with Gasteiger partial charge in [0.05, 0.1) is 29.5 Å². The lowest BCUT2D eigenvalue weighted by Crippen LogP contribution is -2.40. The summed E-state index contributed by atoms with van der Waals surface area (Å²) >= 11 is 0. The summed E-state index contributed by atoms with van der Waals surface area (Å²) in [4.78, 5) is 14.9. The van der Waals surface area contributed by atoms with Crippen molar-refractivity contribution >= 4 is 22.5 Å². The van der Waals surface area contributed by atoms with E-state index in [4.69, 9.17) is 0 Å². The Morgan fingerprint density at radius 1 is 0.939 bits per heavy atom. The number of amides is 1. The summed E-state index contributed by atoms with van der Waals surface area (Å²) < 4.78 is 15.2. The van der Waals surface area contributed by atoms with Gasteiger partial charge in [0.15, 0.2) is 0 Å². The average molecular weight is 441 g/mol. The highest BCUT2D eigenvalue weighted by atomic mass is 19.1. The number of carbonyl (C=O) groups is 1. The van der Waals surface area contributed by atoms with Crippen molar-refractivity contribution in [2.45, 2.75) is 31.3 Å². The van der Waals surface area contributed by atoms with Crippen molar-refractivity contribution in [3.05, 3.63) is 90.4 Å². The molecule has 1 aliphatic carbocycles. The van der Waals surface area contributed by atoms with Gasteiger partial charge in [-0.1, -0.05) is 30.3 Å². The molecular formula is C27H25FN4O. The van der Waals surface area contributed by atoms with E-state index in [1.165, 1.54) is 17.7 Å². The van der Waals surface area contributed by atoms with E-state index >= 15 is 0 Å². The van der Waals surface area contributed by atoms with Crippen LogP contribution >= 0.6 is 0 Å². The van der Waals surface area contributed by atoms with Crippen LogP contribution in [0.15, 0.2) is 79.0 Å². The fourth-order valence-electron chi connectivity index (χ4n) is 4.93. The maximum atomic E-state index is 13.3. The number of fused-ring (bicyclic) bond motifs is 1. The maximum Gasteiger partial charge on any atom is 0.223 e. The van der Waals surface area contributed by atoms with Crippen LogP contribution in [0.3, 0.4) is 0 Å².